The van der Waals surface area contributed by atoms with Gasteiger partial charge >= 0.3 is 0 Å². The second-order valence-electron chi connectivity index (χ2n) is 6.09. The van der Waals surface area contributed by atoms with Gasteiger partial charge in [0.1, 0.15) is 0 Å². The Bertz CT molecular complexity index is 961. The van der Waals surface area contributed by atoms with Crippen molar-refractivity contribution >= 4 is 39.6 Å². The molecule has 0 radical (unpaired) electrons. The van der Waals surface area contributed by atoms with Gasteiger partial charge in [-0.3, -0.25) is 9.59 Å². The summed E-state index contributed by atoms with van der Waals surface area (Å²) in [5.74, 6) is -0.260. The molecule has 0 bridgehead atoms. The van der Waals surface area contributed by atoms with Crippen LogP contribution in [-0.4, -0.2) is 18.4 Å². The van der Waals surface area contributed by atoms with E-state index in [-0.39, 0.29) is 18.4 Å². The van der Waals surface area contributed by atoms with Crippen LogP contribution in [0.2, 0.25) is 0 Å². The van der Waals surface area contributed by atoms with Crippen LogP contribution in [0.4, 0.5) is 17.1 Å². The van der Waals surface area contributed by atoms with E-state index in [9.17, 15) is 9.59 Å². The van der Waals surface area contributed by atoms with Crippen LogP contribution in [0.5, 0.6) is 0 Å². The van der Waals surface area contributed by atoms with Gasteiger partial charge in [0, 0.05) is 29.4 Å². The summed E-state index contributed by atoms with van der Waals surface area (Å²) in [7, 11) is 0. The highest BCUT2D eigenvalue weighted by molar-refractivity contribution is 6.03. The van der Waals surface area contributed by atoms with E-state index in [0.717, 1.165) is 33.4 Å². The van der Waals surface area contributed by atoms with Crippen molar-refractivity contribution in [3.8, 4) is 0 Å². The molecule has 0 aliphatic rings. The Balaban J connectivity index is 1.69. The van der Waals surface area contributed by atoms with E-state index in [1.165, 1.54) is 6.92 Å². The van der Waals surface area contributed by atoms with E-state index < -0.39 is 0 Å². The molecule has 3 rings (SSSR count). The van der Waals surface area contributed by atoms with Crippen molar-refractivity contribution in [3.05, 3.63) is 66.2 Å². The van der Waals surface area contributed by atoms with Crippen molar-refractivity contribution in [2.75, 3.05) is 22.5 Å². The van der Waals surface area contributed by atoms with Crippen molar-refractivity contribution < 1.29 is 9.59 Å². The Hall–Kier alpha value is -3.34. The topological polar surface area (TPSA) is 70.2 Å². The number of amides is 2. The maximum absolute atomic E-state index is 12.4. The van der Waals surface area contributed by atoms with Gasteiger partial charge in [0.05, 0.1) is 6.54 Å². The smallest absolute Gasteiger partial charge is 0.243 e. The maximum atomic E-state index is 12.4. The van der Waals surface area contributed by atoms with Crippen molar-refractivity contribution in [2.24, 2.45) is 0 Å². The molecule has 3 aromatic rings. The molecule has 26 heavy (non-hydrogen) atoms. The number of carbonyl (C=O) groups excluding carboxylic acids is 2. The molecule has 0 spiro atoms. The standard InChI is InChI=1S/C21H21N3O2/c1-14-18(10-6-11-19(14)23-15(2)25)22-13-21(26)24-20-12-5-8-16-7-3-4-9-17(16)20/h3-12,22H,13H2,1-2H3,(H,23,25)(H,24,26). The number of benzene rings is 3. The third kappa shape index (κ3) is 4.00. The van der Waals surface area contributed by atoms with Crippen LogP contribution in [0, 0.1) is 6.92 Å². The van der Waals surface area contributed by atoms with Crippen molar-refractivity contribution in [1.29, 1.82) is 0 Å². The minimum atomic E-state index is -0.134. The molecule has 5 heteroatoms. The van der Waals surface area contributed by atoms with Crippen LogP contribution in [0.1, 0.15) is 12.5 Å². The van der Waals surface area contributed by atoms with Crippen LogP contribution in [0.3, 0.4) is 0 Å². The summed E-state index contributed by atoms with van der Waals surface area (Å²) in [5, 5.41) is 11.0. The second-order valence-corrected chi connectivity index (χ2v) is 6.09. The number of fused-ring (bicyclic) bond motifs is 1. The third-order valence-corrected chi connectivity index (χ3v) is 4.15. The number of anilines is 3. The first kappa shape index (κ1) is 17.5. The average molecular weight is 347 g/mol. The number of hydrogen-bond donors (Lipinski definition) is 3. The minimum absolute atomic E-state index is 0.126. The van der Waals surface area contributed by atoms with Crippen LogP contribution in [0.15, 0.2) is 60.7 Å². The summed E-state index contributed by atoms with van der Waals surface area (Å²) >= 11 is 0. The third-order valence-electron chi connectivity index (χ3n) is 4.15. The quantitative estimate of drug-likeness (QED) is 0.649. The van der Waals surface area contributed by atoms with E-state index >= 15 is 0 Å². The van der Waals surface area contributed by atoms with Gasteiger partial charge < -0.3 is 16.0 Å². The first-order chi connectivity index (χ1) is 12.5. The molecular weight excluding hydrogens is 326 g/mol. The Morgan fingerprint density at radius 1 is 0.808 bits per heavy atom. The summed E-state index contributed by atoms with van der Waals surface area (Å²) < 4.78 is 0. The van der Waals surface area contributed by atoms with Gasteiger partial charge in [-0.1, -0.05) is 42.5 Å². The minimum Gasteiger partial charge on any atom is -0.376 e. The Morgan fingerprint density at radius 2 is 1.46 bits per heavy atom. The highest BCUT2D eigenvalue weighted by Crippen LogP contribution is 2.24. The molecule has 0 aliphatic carbocycles. The Morgan fingerprint density at radius 3 is 2.27 bits per heavy atom. The van der Waals surface area contributed by atoms with Crippen LogP contribution in [0.25, 0.3) is 10.8 Å². The fourth-order valence-corrected chi connectivity index (χ4v) is 2.86. The van der Waals surface area contributed by atoms with Crippen LogP contribution in [-0.2, 0) is 9.59 Å². The lowest BCUT2D eigenvalue weighted by atomic mass is 10.1. The zero-order valence-electron chi connectivity index (χ0n) is 14.8. The highest BCUT2D eigenvalue weighted by Gasteiger charge is 2.08. The van der Waals surface area contributed by atoms with Gasteiger partial charge in [-0.15, -0.1) is 0 Å². The molecule has 2 amide bonds. The molecule has 0 atom stereocenters. The average Bonchev–Trinajstić information content (AvgIpc) is 2.62. The molecular formula is C21H21N3O2. The van der Waals surface area contributed by atoms with Gasteiger partial charge in [-0.2, -0.15) is 0 Å². The number of hydrogen-bond acceptors (Lipinski definition) is 3. The van der Waals surface area contributed by atoms with Crippen molar-refractivity contribution in [2.45, 2.75) is 13.8 Å². The maximum Gasteiger partial charge on any atom is 0.243 e. The zero-order valence-corrected chi connectivity index (χ0v) is 14.8. The SMILES string of the molecule is CC(=O)Nc1cccc(NCC(=O)Nc2cccc3ccccc23)c1C. The van der Waals surface area contributed by atoms with Gasteiger partial charge in [0.25, 0.3) is 0 Å². The van der Waals surface area contributed by atoms with Gasteiger partial charge in [-0.05, 0) is 36.1 Å². The molecule has 0 unspecified atom stereocenters. The molecule has 0 fully saturated rings. The summed E-state index contributed by atoms with van der Waals surface area (Å²) in [6.07, 6.45) is 0. The van der Waals surface area contributed by atoms with Crippen LogP contribution < -0.4 is 16.0 Å². The van der Waals surface area contributed by atoms with Gasteiger partial charge in [0.15, 0.2) is 0 Å². The monoisotopic (exact) mass is 347 g/mol. The summed E-state index contributed by atoms with van der Waals surface area (Å²) in [6, 6.07) is 19.3. The largest absolute Gasteiger partial charge is 0.376 e. The van der Waals surface area contributed by atoms with Crippen molar-refractivity contribution in [3.63, 3.8) is 0 Å². The fraction of sp³-hybridized carbons (Fsp3) is 0.143. The van der Waals surface area contributed by atoms with Gasteiger partial charge in [0.2, 0.25) is 11.8 Å². The molecule has 0 saturated heterocycles. The first-order valence-corrected chi connectivity index (χ1v) is 8.43. The summed E-state index contributed by atoms with van der Waals surface area (Å²) in [4.78, 5) is 23.6. The molecule has 0 aromatic heterocycles. The highest BCUT2D eigenvalue weighted by atomic mass is 16.2. The molecule has 0 aliphatic heterocycles. The summed E-state index contributed by atoms with van der Waals surface area (Å²) in [6.45, 7) is 3.50. The molecule has 3 aromatic carbocycles. The van der Waals surface area contributed by atoms with E-state index in [4.69, 9.17) is 0 Å². The lowest BCUT2D eigenvalue weighted by Crippen LogP contribution is -2.22. The lowest BCUT2D eigenvalue weighted by Gasteiger charge is -2.14. The van der Waals surface area contributed by atoms with E-state index in [1.54, 1.807) is 0 Å². The fourth-order valence-electron chi connectivity index (χ4n) is 2.86. The molecule has 5 nitrogen and oxygen atoms in total. The van der Waals surface area contributed by atoms with Crippen molar-refractivity contribution in [1.82, 2.24) is 0 Å². The Kier molecular flexibility index (Phi) is 5.17. The van der Waals surface area contributed by atoms with E-state index in [2.05, 4.69) is 16.0 Å². The first-order valence-electron chi connectivity index (χ1n) is 8.43. The van der Waals surface area contributed by atoms with Gasteiger partial charge in [-0.25, -0.2) is 0 Å². The summed E-state index contributed by atoms with van der Waals surface area (Å²) in [5.41, 5.74) is 3.22. The normalized spacial score (nSPS) is 10.4. The second kappa shape index (κ2) is 7.70. The predicted octanol–water partition coefficient (Wildman–Crippen LogP) is 4.16. The van der Waals surface area contributed by atoms with E-state index in [0.29, 0.717) is 0 Å². The predicted molar refractivity (Wildman–Crippen MR) is 107 cm³/mol. The van der Waals surface area contributed by atoms with Crippen LogP contribution >= 0.6 is 0 Å². The number of nitrogens with one attached hydrogen (secondary N) is 3. The molecule has 0 heterocycles. The Labute approximate surface area is 152 Å². The number of carbonyl (C=O) groups is 2. The number of rotatable bonds is 5. The molecule has 132 valence electrons. The molecule has 0 saturated carbocycles. The van der Waals surface area contributed by atoms with E-state index in [1.807, 2.05) is 67.6 Å². The molecule has 3 N–H and O–H groups in total. The zero-order chi connectivity index (χ0) is 18.5. The lowest BCUT2D eigenvalue weighted by molar-refractivity contribution is -0.115.